The highest BCUT2D eigenvalue weighted by atomic mass is 35.5. The second-order valence-corrected chi connectivity index (χ2v) is 9.71. The van der Waals surface area contributed by atoms with Crippen molar-refractivity contribution >= 4 is 39.0 Å². The van der Waals surface area contributed by atoms with E-state index in [0.717, 1.165) is 10.2 Å². The second-order valence-electron chi connectivity index (χ2n) is 7.95. The van der Waals surface area contributed by atoms with Crippen molar-refractivity contribution in [2.45, 2.75) is 37.9 Å². The number of halogens is 3. The normalized spacial score (nSPS) is 12.4. The van der Waals surface area contributed by atoms with Crippen LogP contribution in [0, 0.1) is 0 Å². The number of fused-ring (bicyclic) bond motifs is 1. The van der Waals surface area contributed by atoms with Gasteiger partial charge in [0.15, 0.2) is 5.78 Å². The van der Waals surface area contributed by atoms with E-state index >= 15 is 0 Å². The molecule has 2 aromatic heterocycles. The van der Waals surface area contributed by atoms with E-state index in [1.165, 1.54) is 16.9 Å². The van der Waals surface area contributed by atoms with Crippen LogP contribution in [0.5, 0.6) is 0 Å². The van der Waals surface area contributed by atoms with E-state index in [9.17, 15) is 22.6 Å². The fraction of sp³-hybridized carbons (Fsp3) is 0.240. The SMILES string of the molecule is CCC(=O)c1c(-c2ccccc2)c2cc(Cl)ccc2c(=O)n1Cc1cc(S(C)=O)n(CC(F)F)n1. The van der Waals surface area contributed by atoms with Crippen LogP contribution in [0.15, 0.2) is 64.4 Å². The lowest BCUT2D eigenvalue weighted by Crippen LogP contribution is -2.28. The summed E-state index contributed by atoms with van der Waals surface area (Å²) in [6.45, 7) is 0.818. The quantitative estimate of drug-likeness (QED) is 0.302. The van der Waals surface area contributed by atoms with Gasteiger partial charge in [0.1, 0.15) is 11.6 Å². The summed E-state index contributed by atoms with van der Waals surface area (Å²) < 4.78 is 40.5. The number of rotatable bonds is 8. The maximum Gasteiger partial charge on any atom is 0.259 e. The second kappa shape index (κ2) is 10.2. The van der Waals surface area contributed by atoms with Crippen molar-refractivity contribution in [1.82, 2.24) is 14.3 Å². The molecular formula is C25H22ClF2N3O3S. The molecule has 0 aliphatic heterocycles. The third kappa shape index (κ3) is 4.97. The first-order valence-electron chi connectivity index (χ1n) is 10.8. The minimum atomic E-state index is -2.69. The van der Waals surface area contributed by atoms with Crippen LogP contribution in [0.1, 0.15) is 29.5 Å². The molecule has 2 aromatic carbocycles. The van der Waals surface area contributed by atoms with Crippen molar-refractivity contribution in [2.24, 2.45) is 0 Å². The van der Waals surface area contributed by atoms with E-state index in [1.807, 2.05) is 30.3 Å². The molecular weight excluding hydrogens is 496 g/mol. The minimum Gasteiger partial charge on any atom is -0.298 e. The Balaban J connectivity index is 2.03. The van der Waals surface area contributed by atoms with E-state index < -0.39 is 29.3 Å². The molecule has 4 rings (SSSR count). The van der Waals surface area contributed by atoms with E-state index in [2.05, 4.69) is 5.10 Å². The first-order chi connectivity index (χ1) is 16.7. The molecule has 0 N–H and O–H groups in total. The number of carbonyl (C=O) groups is 1. The number of pyridine rings is 1. The molecule has 0 amide bonds. The lowest BCUT2D eigenvalue weighted by atomic mass is 9.94. The van der Waals surface area contributed by atoms with Crippen LogP contribution in [0.25, 0.3) is 21.9 Å². The molecule has 6 nitrogen and oxygen atoms in total. The third-order valence-corrected chi connectivity index (χ3v) is 6.75. The number of hydrogen-bond acceptors (Lipinski definition) is 4. The Morgan fingerprint density at radius 2 is 1.83 bits per heavy atom. The van der Waals surface area contributed by atoms with Gasteiger partial charge in [-0.15, -0.1) is 0 Å². The monoisotopic (exact) mass is 517 g/mol. The Labute approximate surface area is 207 Å². The molecule has 0 aliphatic rings. The van der Waals surface area contributed by atoms with Gasteiger partial charge in [-0.2, -0.15) is 5.10 Å². The number of Topliss-reactive ketones (excluding diaryl/α,β-unsaturated/α-hetero) is 1. The van der Waals surface area contributed by atoms with Crippen molar-refractivity contribution < 1.29 is 17.8 Å². The Morgan fingerprint density at radius 1 is 1.11 bits per heavy atom. The Morgan fingerprint density at radius 3 is 2.46 bits per heavy atom. The van der Waals surface area contributed by atoms with Crippen molar-refractivity contribution in [3.8, 4) is 11.1 Å². The van der Waals surface area contributed by atoms with Gasteiger partial charge in [0, 0.05) is 28.6 Å². The van der Waals surface area contributed by atoms with E-state index in [4.69, 9.17) is 11.6 Å². The summed E-state index contributed by atoms with van der Waals surface area (Å²) in [7, 11) is -1.58. The molecule has 0 fully saturated rings. The molecule has 0 bridgehead atoms. The summed E-state index contributed by atoms with van der Waals surface area (Å²) in [6.07, 6.45) is -1.19. The molecule has 1 unspecified atom stereocenters. The van der Waals surface area contributed by atoms with Crippen LogP contribution in [-0.2, 0) is 23.9 Å². The van der Waals surface area contributed by atoms with Gasteiger partial charge >= 0.3 is 0 Å². The van der Waals surface area contributed by atoms with Crippen LogP contribution in [0.2, 0.25) is 5.02 Å². The summed E-state index contributed by atoms with van der Waals surface area (Å²) in [5.41, 5.74) is 1.27. The summed E-state index contributed by atoms with van der Waals surface area (Å²) in [5, 5.41) is 5.62. The highest BCUT2D eigenvalue weighted by Gasteiger charge is 2.24. The number of nitrogens with zero attached hydrogens (tertiary/aromatic N) is 3. The van der Waals surface area contributed by atoms with Crippen LogP contribution >= 0.6 is 11.6 Å². The minimum absolute atomic E-state index is 0.118. The standard InChI is InChI=1S/C25H22ClF2N3O3S/c1-3-20(32)24-23(15-7-5-4-6-8-15)19-11-16(26)9-10-18(19)25(33)30(24)13-17-12-22(35(2)34)31(29-17)14-21(27)28/h4-12,21H,3,13-14H2,1-2H3. The largest absolute Gasteiger partial charge is 0.298 e. The zero-order valence-corrected chi connectivity index (χ0v) is 20.6. The van der Waals surface area contributed by atoms with Crippen molar-refractivity contribution in [2.75, 3.05) is 6.26 Å². The average Bonchev–Trinajstić information content (AvgIpc) is 3.22. The van der Waals surface area contributed by atoms with Crippen molar-refractivity contribution in [1.29, 1.82) is 0 Å². The fourth-order valence-corrected chi connectivity index (χ4v) is 4.99. The van der Waals surface area contributed by atoms with Gasteiger partial charge in [-0.05, 0) is 35.2 Å². The highest BCUT2D eigenvalue weighted by Crippen LogP contribution is 2.33. The zero-order chi connectivity index (χ0) is 25.3. The summed E-state index contributed by atoms with van der Waals surface area (Å²) in [4.78, 5) is 26.9. The first-order valence-corrected chi connectivity index (χ1v) is 12.8. The Bertz CT molecular complexity index is 1500. The summed E-state index contributed by atoms with van der Waals surface area (Å²) >= 11 is 6.26. The maximum absolute atomic E-state index is 13.6. The summed E-state index contributed by atoms with van der Waals surface area (Å²) in [5.74, 6) is -0.269. The number of alkyl halides is 2. The van der Waals surface area contributed by atoms with Crippen LogP contribution in [0.3, 0.4) is 0 Å². The molecule has 1 atom stereocenters. The molecule has 0 spiro atoms. The lowest BCUT2D eigenvalue weighted by Gasteiger charge is -2.19. The van der Waals surface area contributed by atoms with Crippen molar-refractivity contribution in [3.05, 3.63) is 81.4 Å². The van der Waals surface area contributed by atoms with E-state index in [0.29, 0.717) is 21.4 Å². The Hall–Kier alpha value is -3.17. The van der Waals surface area contributed by atoms with Gasteiger partial charge in [-0.25, -0.2) is 8.78 Å². The third-order valence-electron chi connectivity index (χ3n) is 5.60. The fourth-order valence-electron chi connectivity index (χ4n) is 4.11. The molecule has 0 radical (unpaired) electrons. The molecule has 4 aromatic rings. The topological polar surface area (TPSA) is 74.0 Å². The number of benzene rings is 2. The van der Waals surface area contributed by atoms with Gasteiger partial charge < -0.3 is 0 Å². The van der Waals surface area contributed by atoms with Crippen LogP contribution in [0.4, 0.5) is 8.78 Å². The van der Waals surface area contributed by atoms with Gasteiger partial charge in [0.05, 0.1) is 28.7 Å². The number of aromatic nitrogens is 3. The predicted molar refractivity (Wildman–Crippen MR) is 133 cm³/mol. The average molecular weight is 518 g/mol. The molecule has 182 valence electrons. The molecule has 0 saturated heterocycles. The van der Waals surface area contributed by atoms with Crippen LogP contribution < -0.4 is 5.56 Å². The molecule has 2 heterocycles. The number of hydrogen-bond donors (Lipinski definition) is 0. The van der Waals surface area contributed by atoms with Gasteiger partial charge in [-0.3, -0.25) is 23.0 Å². The maximum atomic E-state index is 13.6. The molecule has 0 saturated carbocycles. The van der Waals surface area contributed by atoms with Gasteiger partial charge in [0.25, 0.3) is 12.0 Å². The highest BCUT2D eigenvalue weighted by molar-refractivity contribution is 7.84. The molecule has 10 heteroatoms. The molecule has 0 aliphatic carbocycles. The summed E-state index contributed by atoms with van der Waals surface area (Å²) in [6, 6.07) is 15.5. The zero-order valence-electron chi connectivity index (χ0n) is 19.0. The number of ketones is 1. The van der Waals surface area contributed by atoms with Crippen LogP contribution in [-0.4, -0.2) is 37.0 Å². The van der Waals surface area contributed by atoms with E-state index in [-0.39, 0.29) is 35.2 Å². The number of carbonyl (C=O) groups excluding carboxylic acids is 1. The molecule has 35 heavy (non-hydrogen) atoms. The predicted octanol–water partition coefficient (Wildman–Crippen LogP) is 5.16. The van der Waals surface area contributed by atoms with Gasteiger partial charge in [-0.1, -0.05) is 48.9 Å². The van der Waals surface area contributed by atoms with E-state index in [1.54, 1.807) is 25.1 Å². The Kier molecular flexibility index (Phi) is 7.28. The first kappa shape index (κ1) is 24.9. The smallest absolute Gasteiger partial charge is 0.259 e. The van der Waals surface area contributed by atoms with Crippen molar-refractivity contribution in [3.63, 3.8) is 0 Å². The van der Waals surface area contributed by atoms with Gasteiger partial charge in [0.2, 0.25) is 0 Å². The lowest BCUT2D eigenvalue weighted by molar-refractivity contribution is 0.0979.